The highest BCUT2D eigenvalue weighted by atomic mass is 127. The topological polar surface area (TPSA) is 189 Å². The van der Waals surface area contributed by atoms with E-state index < -0.39 is 14.0 Å². The second-order valence-electron chi connectivity index (χ2n) is 19.4. The Kier molecular flexibility index (Phi) is 18.7. The predicted octanol–water partition coefficient (Wildman–Crippen LogP) is 11.3. The molecule has 5 N–H and O–H groups in total. The Balaban J connectivity index is 0.000000226. The molecule has 18 nitrogen and oxygen atoms in total. The maximum absolute atomic E-state index is 12.3. The largest absolute Gasteiger partial charge is 0.494 e. The standard InChI is InChI=1S/C30H35N7O2.C27H33N7O.C3H4Cl2O.HI/c1-6-28(38)32-24-17-25(27(39-5)18-26(24)36(4)16-15-35(2)3)34-30-31-13-12-23(33-30)22-19-37-14-8-10-20-9-7-11-21(22)29(20)37;1-32(2)13-14-33(3)24-16-25(35-4)23(15-21(24)28)31-27-29-11-10-22(30-27)20-17-34-12-6-8-18-7-5-9-19(20)26(18)34;4-2-1-3(5)6;/h6-7,9,11-13,17-19H,1,8,10,14-16H2,2-5H3,(H,32,38)(H,31,33,34);5,7,9-11,15-17H,6,8,12-14,28H2,1-4H3,(H,29,30,31);1-2H2;1H/i2D3;1D3;;. The number of methoxy groups -OCH3 is 2. The van der Waals surface area contributed by atoms with Crippen molar-refractivity contribution >= 4 is 126 Å². The maximum Gasteiger partial charge on any atom is 0.247 e. The van der Waals surface area contributed by atoms with Crippen LogP contribution in [0.3, 0.4) is 0 Å². The van der Waals surface area contributed by atoms with Gasteiger partial charge in [0.25, 0.3) is 0 Å². The highest BCUT2D eigenvalue weighted by Crippen LogP contribution is 2.41. The van der Waals surface area contributed by atoms with Crippen LogP contribution in [0, 0.1) is 0 Å². The number of nitrogens with one attached hydrogen (secondary N) is 3. The molecule has 81 heavy (non-hydrogen) atoms. The molecule has 10 rings (SSSR count). The van der Waals surface area contributed by atoms with E-state index in [0.29, 0.717) is 77.3 Å². The van der Waals surface area contributed by atoms with Crippen LogP contribution in [0.5, 0.6) is 11.5 Å². The van der Waals surface area contributed by atoms with E-state index in [2.05, 4.69) is 90.4 Å². The summed E-state index contributed by atoms with van der Waals surface area (Å²) in [5.41, 5.74) is 19.1. The number of rotatable bonds is 20. The fourth-order valence-electron chi connectivity index (χ4n) is 9.83. The van der Waals surface area contributed by atoms with Crippen molar-refractivity contribution in [2.75, 3.05) is 120 Å². The van der Waals surface area contributed by atoms with E-state index >= 15 is 0 Å². The Labute approximate surface area is 510 Å². The quantitative estimate of drug-likeness (QED) is 0.0185. The minimum absolute atomic E-state index is 0. The zero-order valence-electron chi connectivity index (χ0n) is 52.4. The van der Waals surface area contributed by atoms with E-state index in [-0.39, 0.29) is 48.1 Å². The zero-order valence-corrected chi connectivity index (χ0v) is 50.2. The Bertz CT molecular complexity index is 3740. The number of aryl methyl sites for hydroxylation is 4. The molecule has 0 saturated carbocycles. The number of aromatic nitrogens is 6. The first kappa shape index (κ1) is 53.2. The van der Waals surface area contributed by atoms with E-state index in [9.17, 15) is 9.59 Å². The number of hydrogen-bond acceptors (Lipinski definition) is 15. The SMILES string of the molecule is I.O=C(Cl)CCCl.[2H]C([2H])([2H])N(C)CCN(C)c1cc(OC)c(Nc2nccc(-c3cn4c5c(cccc35)CCC4)n2)cc1N.[2H]C([2H])([2H])N(C)CCN(C)c1cc(OC)c(Nc2nccc(-c3cn4c5c(cccc35)CCC4)n2)cc1NC(=O)C=C. The summed E-state index contributed by atoms with van der Waals surface area (Å²) in [7, 11) is 9.97. The van der Waals surface area contributed by atoms with Crippen LogP contribution in [0.25, 0.3) is 44.3 Å². The molecule has 2 aliphatic rings. The number of likely N-dealkylation sites (N-methyl/N-ethyl adjacent to an activating group) is 4. The molecule has 2 aliphatic heterocycles. The van der Waals surface area contributed by atoms with Crippen LogP contribution < -0.4 is 41.0 Å². The lowest BCUT2D eigenvalue weighted by Crippen LogP contribution is -2.29. The van der Waals surface area contributed by atoms with Crippen molar-refractivity contribution in [3.05, 3.63) is 121 Å². The Morgan fingerprint density at radius 3 is 1.68 bits per heavy atom. The molecule has 1 amide bonds. The van der Waals surface area contributed by atoms with Crippen LogP contribution >= 0.6 is 47.2 Å². The average Bonchev–Trinajstić information content (AvgIpc) is 1.76. The minimum atomic E-state index is -2.20. The van der Waals surface area contributed by atoms with Crippen molar-refractivity contribution in [3.8, 4) is 34.0 Å². The number of alkyl halides is 1. The lowest BCUT2D eigenvalue weighted by Gasteiger charge is -2.26. The molecule has 0 saturated heterocycles. The Hall–Kier alpha value is -7.17. The van der Waals surface area contributed by atoms with E-state index in [1.807, 2.05) is 42.1 Å². The number of amides is 1. The number of nitrogen functional groups attached to an aromatic ring is 1. The van der Waals surface area contributed by atoms with Crippen LogP contribution in [0.2, 0.25) is 0 Å². The van der Waals surface area contributed by atoms with Gasteiger partial charge in [-0.15, -0.1) is 35.6 Å². The van der Waals surface area contributed by atoms with Crippen LogP contribution in [-0.4, -0.2) is 138 Å². The zero-order chi connectivity index (χ0) is 62.0. The molecule has 4 aromatic carbocycles. The smallest absolute Gasteiger partial charge is 0.247 e. The second kappa shape index (κ2) is 28.5. The van der Waals surface area contributed by atoms with Crippen LogP contribution in [0.15, 0.2) is 110 Å². The molecule has 8 aromatic rings. The molecule has 428 valence electrons. The van der Waals surface area contributed by atoms with Gasteiger partial charge < -0.3 is 59.9 Å². The summed E-state index contributed by atoms with van der Waals surface area (Å²) in [5, 5.41) is 11.4. The molecule has 0 fully saturated rings. The van der Waals surface area contributed by atoms with Crippen LogP contribution in [-0.2, 0) is 35.5 Å². The molecule has 0 radical (unpaired) electrons. The van der Waals surface area contributed by atoms with E-state index in [1.54, 1.807) is 58.9 Å². The van der Waals surface area contributed by atoms with Gasteiger partial charge in [0.05, 0.1) is 70.8 Å². The van der Waals surface area contributed by atoms with Gasteiger partial charge in [-0.25, -0.2) is 19.9 Å². The number of halogens is 3. The van der Waals surface area contributed by atoms with Crippen molar-refractivity contribution in [2.45, 2.75) is 45.2 Å². The van der Waals surface area contributed by atoms with Crippen LogP contribution in [0.4, 0.5) is 46.0 Å². The normalized spacial score (nSPS) is 13.6. The first-order chi connectivity index (χ1) is 41.0. The fourth-order valence-corrected chi connectivity index (χ4v) is 10.2. The average molecular weight is 1260 g/mol. The molecule has 0 bridgehead atoms. The van der Waals surface area contributed by atoms with Gasteiger partial charge in [0.2, 0.25) is 23.0 Å². The molecule has 0 atom stereocenters. The van der Waals surface area contributed by atoms with Gasteiger partial charge in [0, 0.05) is 133 Å². The van der Waals surface area contributed by atoms with Crippen LogP contribution in [0.1, 0.15) is 38.6 Å². The number of carbonyl (C=O) groups excluding carboxylic acids is 2. The van der Waals surface area contributed by atoms with Gasteiger partial charge in [0.15, 0.2) is 0 Å². The van der Waals surface area contributed by atoms with E-state index in [4.69, 9.17) is 56.6 Å². The molecule has 0 spiro atoms. The van der Waals surface area contributed by atoms with Crippen molar-refractivity contribution in [2.24, 2.45) is 0 Å². The third-order valence-corrected chi connectivity index (χ3v) is 14.2. The molecule has 0 aliphatic carbocycles. The number of para-hydroxylation sites is 2. The van der Waals surface area contributed by atoms with Crippen molar-refractivity contribution in [1.29, 1.82) is 0 Å². The number of anilines is 8. The molecule has 0 unspecified atom stereocenters. The summed E-state index contributed by atoms with van der Waals surface area (Å²) in [6, 6.07) is 23.9. The van der Waals surface area contributed by atoms with Gasteiger partial charge >= 0.3 is 0 Å². The third-order valence-electron chi connectivity index (χ3n) is 13.8. The highest BCUT2D eigenvalue weighted by Gasteiger charge is 2.22. The molecule has 6 heterocycles. The fraction of sp³-hybridized carbons (Fsp3) is 0.333. The summed E-state index contributed by atoms with van der Waals surface area (Å²) in [4.78, 5) is 47.0. The lowest BCUT2D eigenvalue weighted by molar-refractivity contribution is -0.112. The molecule has 21 heteroatoms. The summed E-state index contributed by atoms with van der Waals surface area (Å²) in [6.45, 7) is 2.72. The number of benzene rings is 4. The minimum Gasteiger partial charge on any atom is -0.494 e. The van der Waals surface area contributed by atoms with Gasteiger partial charge in [-0.05, 0) is 107 Å². The molecular weight excluding hydrogens is 1180 g/mol. The van der Waals surface area contributed by atoms with E-state index in [0.717, 1.165) is 67.0 Å². The van der Waals surface area contributed by atoms with Crippen molar-refractivity contribution in [1.82, 2.24) is 38.9 Å². The Morgan fingerprint density at radius 1 is 0.728 bits per heavy atom. The molecule has 4 aromatic heterocycles. The lowest BCUT2D eigenvalue weighted by atomic mass is 10.0. The Morgan fingerprint density at radius 2 is 1.22 bits per heavy atom. The number of ether oxygens (including phenoxy) is 2. The van der Waals surface area contributed by atoms with Crippen molar-refractivity contribution < 1.29 is 27.3 Å². The molecular formula is C60H73Cl2IN14O4. The van der Waals surface area contributed by atoms with E-state index in [1.165, 1.54) is 48.8 Å². The summed E-state index contributed by atoms with van der Waals surface area (Å²) in [6.07, 6.45) is 13.7. The number of hydrogen-bond donors (Lipinski definition) is 4. The summed E-state index contributed by atoms with van der Waals surface area (Å²) in [5.74, 6) is 1.83. The summed E-state index contributed by atoms with van der Waals surface area (Å²) >= 11 is 9.95. The monoisotopic (exact) mass is 1260 g/mol. The first-order valence-electron chi connectivity index (χ1n) is 29.2. The summed E-state index contributed by atoms with van der Waals surface area (Å²) < 4.78 is 61.4. The van der Waals surface area contributed by atoms with Gasteiger partial charge in [-0.1, -0.05) is 43.0 Å². The number of nitrogens with zero attached hydrogens (tertiary/aromatic N) is 10. The number of carbonyl (C=O) groups is 2. The maximum atomic E-state index is 12.3. The highest BCUT2D eigenvalue weighted by molar-refractivity contribution is 14.0. The number of nitrogens with two attached hydrogens (primary N) is 1. The second-order valence-corrected chi connectivity index (χ2v) is 20.2. The van der Waals surface area contributed by atoms with Gasteiger partial charge in [-0.2, -0.15) is 0 Å². The first-order valence-corrected chi connectivity index (χ1v) is 27.1. The van der Waals surface area contributed by atoms with Crippen molar-refractivity contribution in [3.63, 3.8) is 0 Å². The van der Waals surface area contributed by atoms with Gasteiger partial charge in [-0.3, -0.25) is 9.59 Å². The third kappa shape index (κ3) is 15.0. The van der Waals surface area contributed by atoms with Gasteiger partial charge in [0.1, 0.15) is 11.5 Å². The predicted molar refractivity (Wildman–Crippen MR) is 344 cm³/mol.